The van der Waals surface area contributed by atoms with E-state index in [2.05, 4.69) is 21.2 Å². The molecule has 0 bridgehead atoms. The molecule has 1 aromatic rings. The number of anilines is 1. The largest absolute Gasteiger partial charge is 0.398 e. The number of benzene rings is 1. The standard InChI is InChI=1S/C8H8BrClN2O/c1-12-8(13)7-5(10)2-4(9)3-6(7)11/h2-3H,11H2,1H3,(H,12,13). The number of carbonyl (C=O) groups is 1. The summed E-state index contributed by atoms with van der Waals surface area (Å²) in [5.41, 5.74) is 6.30. The average molecular weight is 264 g/mol. The number of amides is 1. The summed E-state index contributed by atoms with van der Waals surface area (Å²) in [5.74, 6) is -0.282. The molecule has 5 heteroatoms. The van der Waals surface area contributed by atoms with Gasteiger partial charge in [0.1, 0.15) is 0 Å². The van der Waals surface area contributed by atoms with Crippen molar-refractivity contribution in [3.63, 3.8) is 0 Å². The first-order valence-corrected chi connectivity index (χ1v) is 4.70. The minimum Gasteiger partial charge on any atom is -0.398 e. The van der Waals surface area contributed by atoms with Gasteiger partial charge in [0.05, 0.1) is 10.6 Å². The molecule has 0 fully saturated rings. The Kier molecular flexibility index (Phi) is 3.17. The lowest BCUT2D eigenvalue weighted by Crippen LogP contribution is -2.19. The van der Waals surface area contributed by atoms with Gasteiger partial charge in [0, 0.05) is 17.2 Å². The summed E-state index contributed by atoms with van der Waals surface area (Å²) in [4.78, 5) is 11.3. The Hall–Kier alpha value is -0.740. The maximum absolute atomic E-state index is 11.3. The van der Waals surface area contributed by atoms with E-state index in [1.54, 1.807) is 12.1 Å². The normalized spacial score (nSPS) is 9.77. The van der Waals surface area contributed by atoms with Gasteiger partial charge < -0.3 is 11.1 Å². The first kappa shape index (κ1) is 10.3. The predicted molar refractivity (Wildman–Crippen MR) is 57.0 cm³/mol. The molecule has 13 heavy (non-hydrogen) atoms. The Balaban J connectivity index is 3.28. The zero-order valence-corrected chi connectivity index (χ0v) is 9.24. The average Bonchev–Trinajstić information content (AvgIpc) is 2.02. The van der Waals surface area contributed by atoms with Gasteiger partial charge in [-0.15, -0.1) is 0 Å². The zero-order chi connectivity index (χ0) is 10.0. The molecule has 0 aliphatic heterocycles. The van der Waals surface area contributed by atoms with Crippen LogP contribution in [0.25, 0.3) is 0 Å². The zero-order valence-electron chi connectivity index (χ0n) is 6.90. The molecular formula is C8H8BrClN2O. The molecule has 0 saturated heterocycles. The Morgan fingerprint density at radius 3 is 2.69 bits per heavy atom. The van der Waals surface area contributed by atoms with Crippen molar-refractivity contribution in [1.82, 2.24) is 5.32 Å². The highest BCUT2D eigenvalue weighted by atomic mass is 79.9. The third kappa shape index (κ3) is 2.14. The fourth-order valence-corrected chi connectivity index (χ4v) is 1.88. The SMILES string of the molecule is CNC(=O)c1c(N)cc(Br)cc1Cl. The van der Waals surface area contributed by atoms with Crippen molar-refractivity contribution in [3.8, 4) is 0 Å². The number of hydrogen-bond acceptors (Lipinski definition) is 2. The molecule has 0 unspecified atom stereocenters. The third-order valence-corrected chi connectivity index (χ3v) is 2.30. The third-order valence-electron chi connectivity index (χ3n) is 1.54. The summed E-state index contributed by atoms with van der Waals surface area (Å²) in [6, 6.07) is 3.26. The van der Waals surface area contributed by atoms with Crippen molar-refractivity contribution in [2.24, 2.45) is 0 Å². The van der Waals surface area contributed by atoms with E-state index in [0.29, 0.717) is 16.3 Å². The summed E-state index contributed by atoms with van der Waals surface area (Å²) >= 11 is 9.06. The van der Waals surface area contributed by atoms with Gasteiger partial charge >= 0.3 is 0 Å². The lowest BCUT2D eigenvalue weighted by molar-refractivity contribution is 0.0964. The molecule has 0 atom stereocenters. The number of rotatable bonds is 1. The molecule has 0 radical (unpaired) electrons. The van der Waals surface area contributed by atoms with Crippen LogP contribution in [0.3, 0.4) is 0 Å². The Labute approximate surface area is 89.4 Å². The van der Waals surface area contributed by atoms with E-state index in [-0.39, 0.29) is 5.91 Å². The van der Waals surface area contributed by atoms with Gasteiger partial charge in [0.2, 0.25) is 0 Å². The highest BCUT2D eigenvalue weighted by Crippen LogP contribution is 2.27. The molecule has 0 aromatic heterocycles. The molecule has 3 N–H and O–H groups in total. The first-order chi connectivity index (χ1) is 6.06. The van der Waals surface area contributed by atoms with Crippen molar-refractivity contribution in [1.29, 1.82) is 0 Å². The lowest BCUT2D eigenvalue weighted by atomic mass is 10.1. The molecule has 1 rings (SSSR count). The van der Waals surface area contributed by atoms with Crippen LogP contribution in [0.4, 0.5) is 5.69 Å². The van der Waals surface area contributed by atoms with E-state index in [0.717, 1.165) is 4.47 Å². The maximum atomic E-state index is 11.3. The minimum atomic E-state index is -0.282. The van der Waals surface area contributed by atoms with Gasteiger partial charge in [-0.05, 0) is 12.1 Å². The Morgan fingerprint density at radius 1 is 1.62 bits per heavy atom. The number of nitrogen functional groups attached to an aromatic ring is 1. The quantitative estimate of drug-likeness (QED) is 0.762. The van der Waals surface area contributed by atoms with Crippen molar-refractivity contribution < 1.29 is 4.79 Å². The van der Waals surface area contributed by atoms with Crippen LogP contribution in [0, 0.1) is 0 Å². The van der Waals surface area contributed by atoms with Crippen LogP contribution in [0.15, 0.2) is 16.6 Å². The maximum Gasteiger partial charge on any atom is 0.254 e. The molecule has 0 aliphatic carbocycles. The van der Waals surface area contributed by atoms with Crippen molar-refractivity contribution in [2.45, 2.75) is 0 Å². The van der Waals surface area contributed by atoms with Crippen LogP contribution in [0.5, 0.6) is 0 Å². The predicted octanol–water partition coefficient (Wildman–Crippen LogP) is 2.04. The van der Waals surface area contributed by atoms with E-state index in [1.165, 1.54) is 7.05 Å². The molecule has 0 spiro atoms. The molecule has 3 nitrogen and oxygen atoms in total. The summed E-state index contributed by atoms with van der Waals surface area (Å²) in [6.45, 7) is 0. The second-order valence-corrected chi connectivity index (χ2v) is 3.75. The number of carbonyl (C=O) groups excluding carboxylic acids is 1. The second-order valence-electron chi connectivity index (χ2n) is 2.43. The van der Waals surface area contributed by atoms with Gasteiger partial charge in [-0.25, -0.2) is 0 Å². The smallest absolute Gasteiger partial charge is 0.254 e. The van der Waals surface area contributed by atoms with Gasteiger partial charge in [0.15, 0.2) is 0 Å². The van der Waals surface area contributed by atoms with E-state index in [9.17, 15) is 4.79 Å². The fraction of sp³-hybridized carbons (Fsp3) is 0.125. The summed E-state index contributed by atoms with van der Waals surface area (Å²) < 4.78 is 0.752. The van der Waals surface area contributed by atoms with Crippen molar-refractivity contribution in [2.75, 3.05) is 12.8 Å². The number of hydrogen-bond donors (Lipinski definition) is 2. The van der Waals surface area contributed by atoms with Crippen molar-refractivity contribution >= 4 is 39.1 Å². The van der Waals surface area contributed by atoms with Crippen LogP contribution >= 0.6 is 27.5 Å². The molecule has 0 saturated carbocycles. The van der Waals surface area contributed by atoms with Gasteiger partial charge in [-0.1, -0.05) is 27.5 Å². The molecule has 1 aromatic carbocycles. The van der Waals surface area contributed by atoms with E-state index < -0.39 is 0 Å². The van der Waals surface area contributed by atoms with Crippen LogP contribution in [0.1, 0.15) is 10.4 Å². The van der Waals surface area contributed by atoms with E-state index in [4.69, 9.17) is 17.3 Å². The molecule has 0 aliphatic rings. The second kappa shape index (κ2) is 3.98. The Bertz CT molecular complexity index is 331. The number of nitrogens with one attached hydrogen (secondary N) is 1. The highest BCUT2D eigenvalue weighted by Gasteiger charge is 2.13. The minimum absolute atomic E-state index is 0.282. The molecule has 1 amide bonds. The first-order valence-electron chi connectivity index (χ1n) is 3.53. The van der Waals surface area contributed by atoms with Gasteiger partial charge in [-0.2, -0.15) is 0 Å². The van der Waals surface area contributed by atoms with Crippen LogP contribution in [-0.4, -0.2) is 13.0 Å². The topological polar surface area (TPSA) is 55.1 Å². The van der Waals surface area contributed by atoms with Gasteiger partial charge in [0.25, 0.3) is 5.91 Å². The van der Waals surface area contributed by atoms with Crippen LogP contribution in [-0.2, 0) is 0 Å². The highest BCUT2D eigenvalue weighted by molar-refractivity contribution is 9.10. The van der Waals surface area contributed by atoms with E-state index in [1.807, 2.05) is 0 Å². The van der Waals surface area contributed by atoms with Crippen LogP contribution < -0.4 is 11.1 Å². The van der Waals surface area contributed by atoms with Gasteiger partial charge in [-0.3, -0.25) is 4.79 Å². The van der Waals surface area contributed by atoms with Crippen molar-refractivity contribution in [3.05, 3.63) is 27.2 Å². The van der Waals surface area contributed by atoms with E-state index >= 15 is 0 Å². The monoisotopic (exact) mass is 262 g/mol. The number of halogens is 2. The molecule has 0 heterocycles. The summed E-state index contributed by atoms with van der Waals surface area (Å²) in [7, 11) is 1.53. The Morgan fingerprint density at radius 2 is 2.23 bits per heavy atom. The number of nitrogens with two attached hydrogens (primary N) is 1. The summed E-state index contributed by atoms with van der Waals surface area (Å²) in [6.07, 6.45) is 0. The summed E-state index contributed by atoms with van der Waals surface area (Å²) in [5, 5.41) is 2.80. The van der Waals surface area contributed by atoms with Crippen LogP contribution in [0.2, 0.25) is 5.02 Å². The lowest BCUT2D eigenvalue weighted by Gasteiger charge is -2.06. The molecule has 70 valence electrons. The molecular weight excluding hydrogens is 255 g/mol. The fourth-order valence-electron chi connectivity index (χ4n) is 0.958.